The van der Waals surface area contributed by atoms with Crippen LogP contribution in [-0.2, 0) is 20.1 Å². The molecule has 1 aliphatic heterocycles. The van der Waals surface area contributed by atoms with Crippen LogP contribution in [0.15, 0.2) is 66.9 Å². The van der Waals surface area contributed by atoms with Gasteiger partial charge in [-0.2, -0.15) is 35.9 Å². The normalized spacial score (nSPS) is 13.4. The summed E-state index contributed by atoms with van der Waals surface area (Å²) in [5.41, 5.74) is 7.30. The predicted octanol–water partition coefficient (Wildman–Crippen LogP) is 4.84. The fourth-order valence-electron chi connectivity index (χ4n) is 4.28. The molecule has 1 unspecified atom stereocenters. The topological polar surface area (TPSA) is 56.7 Å². The van der Waals surface area contributed by atoms with Gasteiger partial charge in [0.05, 0.1) is 17.1 Å². The molecule has 37 heavy (non-hydrogen) atoms. The summed E-state index contributed by atoms with van der Waals surface area (Å²) in [6.07, 6.45) is 7.75. The van der Waals surface area contributed by atoms with Crippen LogP contribution in [0.2, 0.25) is 0 Å². The Labute approximate surface area is 234 Å². The third-order valence-corrected chi connectivity index (χ3v) is 5.90. The maximum atomic E-state index is 4.66. The summed E-state index contributed by atoms with van der Waals surface area (Å²) in [7, 11) is -0.226. The molecule has 0 saturated heterocycles. The molecule has 3 radical (unpaired) electrons. The number of hydrogen-bond acceptors (Lipinski definition) is 4. The van der Waals surface area contributed by atoms with Crippen LogP contribution in [-0.4, -0.2) is 41.1 Å². The van der Waals surface area contributed by atoms with Gasteiger partial charge in [0.25, 0.3) is 7.12 Å². The van der Waals surface area contributed by atoms with Gasteiger partial charge in [-0.05, 0) is 89.1 Å². The third kappa shape index (κ3) is 6.59. The van der Waals surface area contributed by atoms with Crippen molar-refractivity contribution in [1.29, 1.82) is 0 Å². The first kappa shape index (κ1) is 28.4. The Morgan fingerprint density at radius 2 is 1.32 bits per heavy atom. The summed E-state index contributed by atoms with van der Waals surface area (Å²) in [5.74, 6) is 0. The van der Waals surface area contributed by atoms with Gasteiger partial charge in [-0.15, -0.1) is 0 Å². The van der Waals surface area contributed by atoms with Gasteiger partial charge in [-0.25, -0.2) is 15.3 Å². The van der Waals surface area contributed by atoms with Crippen LogP contribution in [0.1, 0.15) is 45.8 Å². The summed E-state index contributed by atoms with van der Waals surface area (Å²) in [6, 6.07) is 17.3. The molecule has 9 heteroatoms. The van der Waals surface area contributed by atoms with Crippen LogP contribution in [0.5, 0.6) is 0 Å². The molecule has 0 fully saturated rings. The number of allylic oxidation sites excluding steroid dienone is 2. The standard InChI is InChI=1S/C15H21BN6.C13H11N.Ir/c1-10-7-13(4)20(17-10)16(21-14(5)8-11(2)18-21)22-15(6)9-12(3)19-22;1-12(13-8-4-2-5-9-13)14-10-6-3-7-11-14;/h7-9H,1-6H3;2-8,10,12H,1H2;/q-1;-2;+3. The molecule has 0 amide bonds. The van der Waals surface area contributed by atoms with Crippen molar-refractivity contribution in [3.63, 3.8) is 0 Å². The van der Waals surface area contributed by atoms with E-state index in [0.717, 1.165) is 39.7 Å². The average molecular weight is 670 g/mol. The van der Waals surface area contributed by atoms with E-state index >= 15 is 0 Å². The minimum atomic E-state index is -0.226. The molecule has 0 N–H and O–H groups in total. The molecule has 1 atom stereocenters. The van der Waals surface area contributed by atoms with Crippen molar-refractivity contribution in [2.24, 2.45) is 0 Å². The van der Waals surface area contributed by atoms with Gasteiger partial charge >= 0.3 is 20.1 Å². The quantitative estimate of drug-likeness (QED) is 0.226. The Morgan fingerprint density at radius 1 is 0.811 bits per heavy atom. The predicted molar refractivity (Wildman–Crippen MR) is 144 cm³/mol. The maximum absolute atomic E-state index is 4.66. The second-order valence-electron chi connectivity index (χ2n) is 9.03. The van der Waals surface area contributed by atoms with Crippen molar-refractivity contribution >= 4 is 7.12 Å². The van der Waals surface area contributed by atoms with E-state index in [4.69, 9.17) is 0 Å². The van der Waals surface area contributed by atoms with E-state index in [-0.39, 0.29) is 33.3 Å². The summed E-state index contributed by atoms with van der Waals surface area (Å²) < 4.78 is 5.94. The third-order valence-electron chi connectivity index (χ3n) is 5.90. The van der Waals surface area contributed by atoms with Crippen molar-refractivity contribution < 1.29 is 20.1 Å². The van der Waals surface area contributed by atoms with Crippen molar-refractivity contribution in [3.05, 3.63) is 126 Å². The summed E-state index contributed by atoms with van der Waals surface area (Å²) in [5, 5.41) is 14.0. The fourth-order valence-corrected chi connectivity index (χ4v) is 4.28. The Bertz CT molecular complexity index is 1260. The van der Waals surface area contributed by atoms with E-state index in [2.05, 4.69) is 73.8 Å². The molecule has 4 aromatic rings. The molecule has 5 rings (SSSR count). The summed E-state index contributed by atoms with van der Waals surface area (Å²) in [4.78, 5) is 1.94. The van der Waals surface area contributed by atoms with Gasteiger partial charge < -0.3 is 25.6 Å². The first-order chi connectivity index (χ1) is 17.2. The molecule has 1 aliphatic rings. The van der Waals surface area contributed by atoms with Gasteiger partial charge in [0.2, 0.25) is 0 Å². The largest absolute Gasteiger partial charge is 3.00 e. The molecule has 7 nitrogen and oxygen atoms in total. The van der Waals surface area contributed by atoms with Crippen molar-refractivity contribution in [2.75, 3.05) is 0 Å². The number of hydrogen-bond donors (Lipinski definition) is 0. The van der Waals surface area contributed by atoms with E-state index in [1.807, 2.05) is 88.1 Å². The molecule has 0 saturated carbocycles. The van der Waals surface area contributed by atoms with E-state index in [1.165, 1.54) is 0 Å². The summed E-state index contributed by atoms with van der Waals surface area (Å²) in [6.45, 7) is 19.4. The average Bonchev–Trinajstić information content (AvgIpc) is 3.50. The zero-order chi connectivity index (χ0) is 25.8. The Kier molecular flexibility index (Phi) is 9.52. The molecule has 0 aliphatic carbocycles. The Morgan fingerprint density at radius 3 is 1.68 bits per heavy atom. The summed E-state index contributed by atoms with van der Waals surface area (Å²) >= 11 is 0. The minimum absolute atomic E-state index is 0. The maximum Gasteiger partial charge on any atom is 3.00 e. The van der Waals surface area contributed by atoms with Crippen molar-refractivity contribution in [3.8, 4) is 0 Å². The van der Waals surface area contributed by atoms with E-state index in [9.17, 15) is 0 Å². The second-order valence-corrected chi connectivity index (χ2v) is 9.03. The molecule has 3 aromatic heterocycles. The van der Waals surface area contributed by atoms with Gasteiger partial charge in [0, 0.05) is 0 Å². The number of benzene rings is 1. The molecule has 0 spiro atoms. The fraction of sp³-hybridized carbons (Fsp3) is 0.250. The molecular formula is C28H32BIrN7. The van der Waals surface area contributed by atoms with Crippen LogP contribution in [0.25, 0.3) is 0 Å². The smallest absolute Gasteiger partial charge is 0.422 e. The van der Waals surface area contributed by atoms with Crippen molar-refractivity contribution in [1.82, 2.24) is 34.0 Å². The van der Waals surface area contributed by atoms with Crippen LogP contribution in [0, 0.1) is 61.1 Å². The molecule has 191 valence electrons. The zero-order valence-corrected chi connectivity index (χ0v) is 24.6. The van der Waals surface area contributed by atoms with Gasteiger partial charge in [-0.3, -0.25) is 0 Å². The molecular weight excluding hydrogens is 637 g/mol. The van der Waals surface area contributed by atoms with Crippen LogP contribution >= 0.6 is 0 Å². The van der Waals surface area contributed by atoms with Gasteiger partial charge in [0.1, 0.15) is 6.54 Å². The van der Waals surface area contributed by atoms with Crippen LogP contribution < -0.4 is 0 Å². The van der Waals surface area contributed by atoms with Gasteiger partial charge in [-0.1, -0.05) is 18.2 Å². The molecule has 1 aromatic carbocycles. The number of rotatable bonds is 5. The number of aryl methyl sites for hydroxylation is 6. The first-order valence-electron chi connectivity index (χ1n) is 12.0. The first-order valence-corrected chi connectivity index (χ1v) is 12.0. The zero-order valence-electron chi connectivity index (χ0n) is 22.2. The molecule has 0 bridgehead atoms. The van der Waals surface area contributed by atoms with E-state index < -0.39 is 0 Å². The van der Waals surface area contributed by atoms with Crippen LogP contribution in [0.3, 0.4) is 0 Å². The van der Waals surface area contributed by atoms with E-state index in [0.29, 0.717) is 0 Å². The Balaban J connectivity index is 0.000000220. The van der Waals surface area contributed by atoms with Crippen LogP contribution in [0.4, 0.5) is 0 Å². The monoisotopic (exact) mass is 670 g/mol. The van der Waals surface area contributed by atoms with Gasteiger partial charge in [0.15, 0.2) is 0 Å². The minimum Gasteiger partial charge on any atom is -0.422 e. The molecule has 4 heterocycles. The SMILES string of the molecule is Cc1cc(C)n([B-](n2nc(C)cc2C)n2nc(C)cc2C)n1.[CH2-]C(c1[c-]cccc1)N1[C]C=CC=C1.[Ir+3]. The Hall–Kier alpha value is -3.16. The van der Waals surface area contributed by atoms with E-state index in [1.54, 1.807) is 0 Å². The number of nitrogens with zero attached hydrogens (tertiary/aromatic N) is 7. The number of aromatic nitrogens is 6. The second kappa shape index (κ2) is 12.4. The van der Waals surface area contributed by atoms with Crippen molar-refractivity contribution in [2.45, 2.75) is 47.6 Å².